The molecule has 2 aromatic rings. The highest BCUT2D eigenvalue weighted by atomic mass is 79.9. The predicted molar refractivity (Wildman–Crippen MR) is 79.3 cm³/mol. The highest BCUT2D eigenvalue weighted by Crippen LogP contribution is 2.30. The molecule has 0 atom stereocenters. The molecule has 2 rings (SSSR count). The lowest BCUT2D eigenvalue weighted by Crippen LogP contribution is -1.98. The molecule has 18 heavy (non-hydrogen) atoms. The summed E-state index contributed by atoms with van der Waals surface area (Å²) in [5.74, 6) is 0.840. The minimum absolute atomic E-state index is 0.287. The summed E-state index contributed by atoms with van der Waals surface area (Å²) in [5.41, 5.74) is 1.68. The van der Waals surface area contributed by atoms with E-state index in [2.05, 4.69) is 39.7 Å². The second kappa shape index (κ2) is 5.55. The first kappa shape index (κ1) is 13.8. The summed E-state index contributed by atoms with van der Waals surface area (Å²) in [5, 5.41) is 1.04. The lowest BCUT2D eigenvalue weighted by atomic mass is 10.1. The van der Waals surface area contributed by atoms with Crippen LogP contribution in [-0.4, -0.2) is 9.97 Å². The van der Waals surface area contributed by atoms with Crippen LogP contribution in [0.2, 0.25) is 10.2 Å². The van der Waals surface area contributed by atoms with Crippen LogP contribution in [0.4, 0.5) is 0 Å². The summed E-state index contributed by atoms with van der Waals surface area (Å²) in [6, 6.07) is 7.35. The molecular formula is C13H11BrCl2N2. The molecule has 0 aliphatic carbocycles. The number of benzene rings is 1. The molecule has 5 heteroatoms. The van der Waals surface area contributed by atoms with Crippen molar-refractivity contribution in [2.45, 2.75) is 19.8 Å². The van der Waals surface area contributed by atoms with Gasteiger partial charge in [0.2, 0.25) is 0 Å². The molecule has 0 N–H and O–H groups in total. The van der Waals surface area contributed by atoms with Crippen molar-refractivity contribution in [1.82, 2.24) is 9.97 Å². The zero-order valence-corrected chi connectivity index (χ0v) is 13.0. The summed E-state index contributed by atoms with van der Waals surface area (Å²) in [6.45, 7) is 4.12. The average Bonchev–Trinajstić information content (AvgIpc) is 2.31. The first-order chi connectivity index (χ1) is 8.47. The highest BCUT2D eigenvalue weighted by molar-refractivity contribution is 9.10. The van der Waals surface area contributed by atoms with Crippen LogP contribution in [0.25, 0.3) is 11.4 Å². The Hall–Kier alpha value is -0.640. The smallest absolute Gasteiger partial charge is 0.162 e. The van der Waals surface area contributed by atoms with Gasteiger partial charge < -0.3 is 0 Å². The number of rotatable bonds is 2. The van der Waals surface area contributed by atoms with Crippen molar-refractivity contribution in [3.05, 3.63) is 44.6 Å². The van der Waals surface area contributed by atoms with Crippen LogP contribution in [0.15, 0.2) is 28.7 Å². The fraction of sp³-hybridized carbons (Fsp3) is 0.231. The normalized spacial score (nSPS) is 11.0. The molecule has 0 aliphatic rings. The van der Waals surface area contributed by atoms with Crippen molar-refractivity contribution in [2.24, 2.45) is 0 Å². The Morgan fingerprint density at radius 3 is 2.50 bits per heavy atom. The minimum Gasteiger partial charge on any atom is -0.233 e. The first-order valence-electron chi connectivity index (χ1n) is 5.47. The van der Waals surface area contributed by atoms with Crippen LogP contribution >= 0.6 is 39.1 Å². The van der Waals surface area contributed by atoms with Gasteiger partial charge in [-0.05, 0) is 30.2 Å². The first-order valence-corrected chi connectivity index (χ1v) is 7.02. The molecule has 0 saturated carbocycles. The van der Waals surface area contributed by atoms with Crippen molar-refractivity contribution in [2.75, 3.05) is 0 Å². The van der Waals surface area contributed by atoms with E-state index in [1.54, 1.807) is 12.1 Å². The van der Waals surface area contributed by atoms with E-state index in [-0.39, 0.29) is 5.92 Å². The SMILES string of the molecule is CC(C)c1cc(Cl)nc(-c2cc(Br)ccc2Cl)n1. The third-order valence-corrected chi connectivity index (χ3v) is 3.49. The van der Waals surface area contributed by atoms with Gasteiger partial charge in [0.15, 0.2) is 5.82 Å². The minimum atomic E-state index is 0.287. The van der Waals surface area contributed by atoms with Crippen LogP contribution in [0.3, 0.4) is 0 Å². The van der Waals surface area contributed by atoms with E-state index >= 15 is 0 Å². The second-order valence-electron chi connectivity index (χ2n) is 4.22. The van der Waals surface area contributed by atoms with Gasteiger partial charge in [-0.15, -0.1) is 0 Å². The summed E-state index contributed by atoms with van der Waals surface area (Å²) in [6.07, 6.45) is 0. The number of aromatic nitrogens is 2. The monoisotopic (exact) mass is 344 g/mol. The van der Waals surface area contributed by atoms with E-state index in [1.807, 2.05) is 12.1 Å². The lowest BCUT2D eigenvalue weighted by Gasteiger charge is -2.09. The number of hydrogen-bond acceptors (Lipinski definition) is 2. The van der Waals surface area contributed by atoms with Crippen LogP contribution in [0, 0.1) is 0 Å². The molecule has 0 spiro atoms. The fourth-order valence-electron chi connectivity index (χ4n) is 1.52. The van der Waals surface area contributed by atoms with Gasteiger partial charge in [0, 0.05) is 15.7 Å². The highest BCUT2D eigenvalue weighted by Gasteiger charge is 2.11. The van der Waals surface area contributed by atoms with E-state index in [4.69, 9.17) is 23.2 Å². The summed E-state index contributed by atoms with van der Waals surface area (Å²) < 4.78 is 0.927. The van der Waals surface area contributed by atoms with Gasteiger partial charge in [0.1, 0.15) is 5.15 Å². The third-order valence-electron chi connectivity index (χ3n) is 2.48. The maximum absolute atomic E-state index is 6.17. The third kappa shape index (κ3) is 3.02. The Bertz CT molecular complexity index is 585. The Kier molecular flexibility index (Phi) is 4.25. The Morgan fingerprint density at radius 1 is 1.11 bits per heavy atom. The van der Waals surface area contributed by atoms with Gasteiger partial charge in [0.25, 0.3) is 0 Å². The molecule has 0 radical (unpaired) electrons. The molecule has 0 aliphatic heterocycles. The van der Waals surface area contributed by atoms with Crippen molar-refractivity contribution >= 4 is 39.1 Å². The largest absolute Gasteiger partial charge is 0.233 e. The van der Waals surface area contributed by atoms with E-state index in [0.29, 0.717) is 16.0 Å². The van der Waals surface area contributed by atoms with E-state index < -0.39 is 0 Å². The topological polar surface area (TPSA) is 25.8 Å². The zero-order chi connectivity index (χ0) is 13.3. The molecule has 94 valence electrons. The van der Waals surface area contributed by atoms with Gasteiger partial charge in [-0.2, -0.15) is 0 Å². The molecular weight excluding hydrogens is 335 g/mol. The molecule has 1 aromatic carbocycles. The van der Waals surface area contributed by atoms with Crippen LogP contribution in [0.1, 0.15) is 25.5 Å². The molecule has 0 bridgehead atoms. The van der Waals surface area contributed by atoms with Crippen molar-refractivity contribution < 1.29 is 0 Å². The van der Waals surface area contributed by atoms with Crippen molar-refractivity contribution in [1.29, 1.82) is 0 Å². The summed E-state index contributed by atoms with van der Waals surface area (Å²) >= 11 is 15.6. The maximum atomic E-state index is 6.17. The quantitative estimate of drug-likeness (QED) is 0.687. The van der Waals surface area contributed by atoms with Gasteiger partial charge >= 0.3 is 0 Å². The van der Waals surface area contributed by atoms with E-state index in [1.165, 1.54) is 0 Å². The fourth-order valence-corrected chi connectivity index (χ4v) is 2.28. The van der Waals surface area contributed by atoms with Crippen LogP contribution < -0.4 is 0 Å². The molecule has 0 amide bonds. The van der Waals surface area contributed by atoms with Crippen molar-refractivity contribution in [3.8, 4) is 11.4 Å². The van der Waals surface area contributed by atoms with Crippen molar-refractivity contribution in [3.63, 3.8) is 0 Å². The Morgan fingerprint density at radius 2 is 1.83 bits per heavy atom. The van der Waals surface area contributed by atoms with E-state index in [0.717, 1.165) is 15.7 Å². The maximum Gasteiger partial charge on any atom is 0.162 e. The second-order valence-corrected chi connectivity index (χ2v) is 5.93. The summed E-state index contributed by atoms with van der Waals surface area (Å²) in [7, 11) is 0. The van der Waals surface area contributed by atoms with Gasteiger partial charge in [-0.3, -0.25) is 0 Å². The number of hydrogen-bond donors (Lipinski definition) is 0. The zero-order valence-electron chi connectivity index (χ0n) is 9.92. The molecule has 0 unspecified atom stereocenters. The lowest BCUT2D eigenvalue weighted by molar-refractivity contribution is 0.817. The Balaban J connectivity index is 2.60. The number of halogens is 3. The van der Waals surface area contributed by atoms with Crippen LogP contribution in [0.5, 0.6) is 0 Å². The average molecular weight is 346 g/mol. The van der Waals surface area contributed by atoms with Gasteiger partial charge in [0.05, 0.1) is 5.02 Å². The standard InChI is InChI=1S/C13H11BrCl2N2/c1-7(2)11-6-12(16)18-13(17-11)9-5-8(14)3-4-10(9)15/h3-7H,1-2H3. The molecule has 2 nitrogen and oxygen atoms in total. The van der Waals surface area contributed by atoms with Gasteiger partial charge in [-0.1, -0.05) is 53.0 Å². The van der Waals surface area contributed by atoms with Crippen LogP contribution in [-0.2, 0) is 0 Å². The number of nitrogens with zero attached hydrogens (tertiary/aromatic N) is 2. The Labute approximate surface area is 124 Å². The molecule has 0 fully saturated rings. The molecule has 1 aromatic heterocycles. The molecule has 1 heterocycles. The molecule has 0 saturated heterocycles. The summed E-state index contributed by atoms with van der Waals surface area (Å²) in [4.78, 5) is 8.74. The van der Waals surface area contributed by atoms with E-state index in [9.17, 15) is 0 Å². The predicted octanol–water partition coefficient (Wildman–Crippen LogP) is 5.34. The van der Waals surface area contributed by atoms with Gasteiger partial charge in [-0.25, -0.2) is 9.97 Å².